The highest BCUT2D eigenvalue weighted by molar-refractivity contribution is 5.92. The van der Waals surface area contributed by atoms with Gasteiger partial charge >= 0.3 is 0 Å². The molecule has 2 unspecified atom stereocenters. The van der Waals surface area contributed by atoms with Crippen LogP contribution in [0.3, 0.4) is 0 Å². The van der Waals surface area contributed by atoms with Crippen LogP contribution < -0.4 is 0 Å². The molecule has 1 amide bonds. The van der Waals surface area contributed by atoms with Crippen LogP contribution in [0.4, 0.5) is 0 Å². The van der Waals surface area contributed by atoms with Gasteiger partial charge in [0, 0.05) is 55.9 Å². The molecule has 2 atom stereocenters. The van der Waals surface area contributed by atoms with Crippen molar-refractivity contribution in [3.05, 3.63) is 41.2 Å². The van der Waals surface area contributed by atoms with Crippen LogP contribution in [0.25, 0.3) is 16.6 Å². The van der Waals surface area contributed by atoms with Gasteiger partial charge in [-0.3, -0.25) is 9.69 Å². The van der Waals surface area contributed by atoms with Crippen molar-refractivity contribution in [2.24, 2.45) is 5.92 Å². The number of hydrogen-bond donors (Lipinski definition) is 0. The number of aromatic nitrogens is 3. The Kier molecular flexibility index (Phi) is 6.58. The Bertz CT molecular complexity index is 1170. The molecule has 2 aromatic heterocycles. The Balaban J connectivity index is 1.18. The summed E-state index contributed by atoms with van der Waals surface area (Å²) < 4.78 is 7.81. The van der Waals surface area contributed by atoms with Crippen molar-refractivity contribution >= 4 is 22.5 Å². The van der Waals surface area contributed by atoms with Crippen molar-refractivity contribution in [1.82, 2.24) is 24.4 Å². The lowest BCUT2D eigenvalue weighted by Crippen LogP contribution is -2.48. The number of likely N-dealkylation sites (tertiary alicyclic amines) is 1. The number of ether oxygens (including phenoxy) is 1. The van der Waals surface area contributed by atoms with Crippen molar-refractivity contribution in [2.75, 3.05) is 32.7 Å². The summed E-state index contributed by atoms with van der Waals surface area (Å²) in [6, 6.07) is 8.11. The van der Waals surface area contributed by atoms with Crippen LogP contribution in [0.15, 0.2) is 24.3 Å². The quantitative estimate of drug-likeness (QED) is 0.576. The van der Waals surface area contributed by atoms with E-state index in [1.54, 1.807) is 0 Å². The average Bonchev–Trinajstić information content (AvgIpc) is 3.17. The molecule has 2 saturated heterocycles. The predicted molar refractivity (Wildman–Crippen MR) is 134 cm³/mol. The molecule has 2 aliphatic heterocycles. The number of nitrogens with zero attached hydrogens (tertiary/aromatic N) is 5. The van der Waals surface area contributed by atoms with Gasteiger partial charge in [-0.15, -0.1) is 0 Å². The van der Waals surface area contributed by atoms with Gasteiger partial charge < -0.3 is 9.64 Å². The summed E-state index contributed by atoms with van der Waals surface area (Å²) in [4.78, 5) is 22.5. The van der Waals surface area contributed by atoms with Crippen molar-refractivity contribution in [1.29, 1.82) is 0 Å². The van der Waals surface area contributed by atoms with E-state index in [4.69, 9.17) is 14.8 Å². The average molecular weight is 464 g/mol. The third kappa shape index (κ3) is 4.68. The van der Waals surface area contributed by atoms with Gasteiger partial charge in [0.25, 0.3) is 0 Å². The van der Waals surface area contributed by atoms with Crippen LogP contribution in [0, 0.1) is 19.8 Å². The van der Waals surface area contributed by atoms with Gasteiger partial charge in [0.2, 0.25) is 5.91 Å². The van der Waals surface area contributed by atoms with Gasteiger partial charge in [-0.2, -0.15) is 5.10 Å². The van der Waals surface area contributed by atoms with E-state index in [0.717, 1.165) is 79.1 Å². The molecule has 3 aromatic rings. The maximum absolute atomic E-state index is 13.0. The molecule has 2 aliphatic rings. The molecule has 1 aromatic carbocycles. The summed E-state index contributed by atoms with van der Waals surface area (Å²) >= 11 is 0. The number of carbonyl (C=O) groups is 1. The first kappa shape index (κ1) is 23.2. The van der Waals surface area contributed by atoms with Crippen molar-refractivity contribution in [3.63, 3.8) is 0 Å². The molecule has 7 heteroatoms. The fourth-order valence-electron chi connectivity index (χ4n) is 5.89. The molecular formula is C27H37N5O2. The molecule has 4 heterocycles. The van der Waals surface area contributed by atoms with Gasteiger partial charge in [0.15, 0.2) is 5.65 Å². The standard InChI is InChI=1S/C27H37N5O2/c1-18-15-30(16-19(2)34-18)17-22-11-13-31(14-12-22)26(33)10-9-23-20(3)28-27-24-7-5-6-8-25(24)29-32(27)21(23)4/h5-8,18-19,22H,9-17H2,1-4H3. The minimum Gasteiger partial charge on any atom is -0.373 e. The highest BCUT2D eigenvalue weighted by Crippen LogP contribution is 2.24. The number of amides is 1. The molecule has 0 aliphatic carbocycles. The van der Waals surface area contributed by atoms with Gasteiger partial charge in [-0.05, 0) is 70.6 Å². The Morgan fingerprint density at radius 2 is 1.79 bits per heavy atom. The fraction of sp³-hybridized carbons (Fsp3) is 0.593. The molecule has 0 saturated carbocycles. The van der Waals surface area contributed by atoms with Crippen LogP contribution in [0.2, 0.25) is 0 Å². The molecule has 2 fully saturated rings. The molecule has 7 nitrogen and oxygen atoms in total. The summed E-state index contributed by atoms with van der Waals surface area (Å²) in [5.41, 5.74) is 5.07. The SMILES string of the molecule is Cc1nc2c3ccccc3nn2c(C)c1CCC(=O)N1CCC(CN2CC(C)OC(C)C2)CC1. The van der Waals surface area contributed by atoms with Crippen LogP contribution in [-0.2, 0) is 16.0 Å². The Morgan fingerprint density at radius 3 is 2.53 bits per heavy atom. The maximum Gasteiger partial charge on any atom is 0.222 e. The minimum atomic E-state index is 0.261. The highest BCUT2D eigenvalue weighted by atomic mass is 16.5. The topological polar surface area (TPSA) is 63.0 Å². The summed E-state index contributed by atoms with van der Waals surface area (Å²) in [5, 5.41) is 5.82. The zero-order valence-corrected chi connectivity index (χ0v) is 21.0. The highest BCUT2D eigenvalue weighted by Gasteiger charge is 2.28. The van der Waals surface area contributed by atoms with Crippen molar-refractivity contribution < 1.29 is 9.53 Å². The van der Waals surface area contributed by atoms with E-state index < -0.39 is 0 Å². The summed E-state index contributed by atoms with van der Waals surface area (Å²) in [7, 11) is 0. The molecule has 5 rings (SSSR count). The number of hydrogen-bond acceptors (Lipinski definition) is 5. The van der Waals surface area contributed by atoms with Gasteiger partial charge in [0.1, 0.15) is 0 Å². The van der Waals surface area contributed by atoms with Crippen LogP contribution >= 0.6 is 0 Å². The molecular weight excluding hydrogens is 426 g/mol. The van der Waals surface area contributed by atoms with Gasteiger partial charge in [0.05, 0.1) is 17.7 Å². The van der Waals surface area contributed by atoms with E-state index in [1.807, 2.05) is 29.6 Å². The first-order chi connectivity index (χ1) is 16.4. The molecule has 0 spiro atoms. The largest absolute Gasteiger partial charge is 0.373 e. The molecule has 0 N–H and O–H groups in total. The maximum atomic E-state index is 13.0. The molecule has 34 heavy (non-hydrogen) atoms. The number of morpholine rings is 1. The summed E-state index contributed by atoms with van der Waals surface area (Å²) in [6.45, 7) is 13.4. The number of piperidine rings is 1. The van der Waals surface area contributed by atoms with Gasteiger partial charge in [-0.1, -0.05) is 12.1 Å². The number of carbonyl (C=O) groups excluding carboxylic acids is 1. The lowest BCUT2D eigenvalue weighted by molar-refractivity contribution is -0.132. The monoisotopic (exact) mass is 463 g/mol. The Morgan fingerprint density at radius 1 is 1.09 bits per heavy atom. The van der Waals surface area contributed by atoms with Gasteiger partial charge in [-0.25, -0.2) is 9.50 Å². The number of benzene rings is 1. The van der Waals surface area contributed by atoms with Crippen molar-refractivity contribution in [3.8, 4) is 0 Å². The van der Waals surface area contributed by atoms with E-state index in [9.17, 15) is 4.79 Å². The Hall–Kier alpha value is -2.51. The van der Waals surface area contributed by atoms with Crippen molar-refractivity contribution in [2.45, 2.75) is 65.6 Å². The number of rotatable bonds is 5. The Labute approximate surface area is 202 Å². The zero-order valence-electron chi connectivity index (χ0n) is 21.0. The zero-order chi connectivity index (χ0) is 23.8. The second-order valence-corrected chi connectivity index (χ2v) is 10.3. The first-order valence-electron chi connectivity index (χ1n) is 12.8. The lowest BCUT2D eigenvalue weighted by Gasteiger charge is -2.39. The van der Waals surface area contributed by atoms with E-state index >= 15 is 0 Å². The van der Waals surface area contributed by atoms with E-state index in [1.165, 1.54) is 0 Å². The summed E-state index contributed by atoms with van der Waals surface area (Å²) in [6.07, 6.45) is 4.05. The van der Waals surface area contributed by atoms with E-state index in [2.05, 4.69) is 36.6 Å². The molecule has 0 radical (unpaired) electrons. The van der Waals surface area contributed by atoms with E-state index in [0.29, 0.717) is 31.0 Å². The third-order valence-electron chi connectivity index (χ3n) is 7.59. The summed E-state index contributed by atoms with van der Waals surface area (Å²) in [5.74, 6) is 0.934. The predicted octanol–water partition coefficient (Wildman–Crippen LogP) is 3.78. The molecule has 0 bridgehead atoms. The van der Waals surface area contributed by atoms with Crippen LogP contribution in [0.1, 0.15) is 50.1 Å². The fourth-order valence-corrected chi connectivity index (χ4v) is 5.89. The second kappa shape index (κ2) is 9.62. The molecule has 182 valence electrons. The lowest BCUT2D eigenvalue weighted by atomic mass is 9.95. The van der Waals surface area contributed by atoms with Crippen LogP contribution in [0.5, 0.6) is 0 Å². The van der Waals surface area contributed by atoms with Crippen LogP contribution in [-0.4, -0.2) is 75.2 Å². The third-order valence-corrected chi connectivity index (χ3v) is 7.59. The number of aryl methyl sites for hydroxylation is 2. The number of fused-ring (bicyclic) bond motifs is 3. The second-order valence-electron chi connectivity index (χ2n) is 10.3. The minimum absolute atomic E-state index is 0.261. The normalized spacial score (nSPS) is 22.6. The smallest absolute Gasteiger partial charge is 0.222 e. The van der Waals surface area contributed by atoms with E-state index in [-0.39, 0.29) is 5.91 Å². The first-order valence-corrected chi connectivity index (χ1v) is 12.8.